The van der Waals surface area contributed by atoms with Crippen LogP contribution in [0.1, 0.15) is 16.0 Å². The van der Waals surface area contributed by atoms with Crippen molar-refractivity contribution >= 4 is 11.3 Å². The van der Waals surface area contributed by atoms with E-state index in [2.05, 4.69) is 41.8 Å². The monoisotopic (exact) mass is 217 g/mol. The predicted octanol–water partition coefficient (Wildman–Crippen LogP) is 2.84. The van der Waals surface area contributed by atoms with Gasteiger partial charge >= 0.3 is 0 Å². The minimum atomic E-state index is 0.724. The fourth-order valence-electron chi connectivity index (χ4n) is 1.73. The summed E-state index contributed by atoms with van der Waals surface area (Å²) in [6, 6.07) is 12.8. The minimum Gasteiger partial charge on any atom is -0.330 e. The lowest BCUT2D eigenvalue weighted by Gasteiger charge is -2.06. The summed E-state index contributed by atoms with van der Waals surface area (Å²) < 4.78 is 0. The lowest BCUT2D eigenvalue weighted by Crippen LogP contribution is -2.05. The van der Waals surface area contributed by atoms with Crippen molar-refractivity contribution in [2.24, 2.45) is 5.73 Å². The van der Waals surface area contributed by atoms with Gasteiger partial charge in [0.15, 0.2) is 0 Å². The highest BCUT2D eigenvalue weighted by Crippen LogP contribution is 2.18. The fraction of sp³-hybridized carbons (Fsp3) is 0.231. The van der Waals surface area contributed by atoms with E-state index in [-0.39, 0.29) is 0 Å². The molecule has 2 aromatic rings. The second-order valence-electron chi connectivity index (χ2n) is 3.56. The van der Waals surface area contributed by atoms with Crippen LogP contribution in [0.15, 0.2) is 41.8 Å². The van der Waals surface area contributed by atoms with E-state index in [0.717, 1.165) is 19.4 Å². The molecule has 15 heavy (non-hydrogen) atoms. The first kappa shape index (κ1) is 10.4. The van der Waals surface area contributed by atoms with Crippen LogP contribution in [0.5, 0.6) is 0 Å². The highest BCUT2D eigenvalue weighted by molar-refractivity contribution is 7.09. The molecular weight excluding hydrogens is 202 g/mol. The van der Waals surface area contributed by atoms with Crippen molar-refractivity contribution in [1.82, 2.24) is 0 Å². The molecule has 0 aliphatic heterocycles. The van der Waals surface area contributed by atoms with Gasteiger partial charge in [0, 0.05) is 11.3 Å². The van der Waals surface area contributed by atoms with E-state index in [0.29, 0.717) is 0 Å². The van der Waals surface area contributed by atoms with E-state index in [4.69, 9.17) is 5.73 Å². The lowest BCUT2D eigenvalue weighted by molar-refractivity contribution is 0.948. The van der Waals surface area contributed by atoms with Gasteiger partial charge in [-0.2, -0.15) is 0 Å². The average molecular weight is 217 g/mol. The molecule has 0 saturated heterocycles. The Kier molecular flexibility index (Phi) is 3.54. The van der Waals surface area contributed by atoms with Crippen LogP contribution in [0.3, 0.4) is 0 Å². The number of hydrogen-bond donors (Lipinski definition) is 1. The van der Waals surface area contributed by atoms with Gasteiger partial charge in [-0.05, 0) is 35.5 Å². The summed E-state index contributed by atoms with van der Waals surface area (Å²) in [4.78, 5) is 1.42. The van der Waals surface area contributed by atoms with Gasteiger partial charge in [-0.25, -0.2) is 0 Å². The van der Waals surface area contributed by atoms with E-state index >= 15 is 0 Å². The standard InChI is InChI=1S/C13H15NS/c14-8-7-11-4-1-2-5-12(11)10-13-6-3-9-15-13/h1-6,9H,7-8,10,14H2. The Labute approximate surface area is 94.6 Å². The van der Waals surface area contributed by atoms with Crippen LogP contribution in [-0.2, 0) is 12.8 Å². The molecule has 1 aromatic carbocycles. The molecule has 2 rings (SSSR count). The smallest absolute Gasteiger partial charge is 0.00891 e. The Morgan fingerprint density at radius 3 is 2.47 bits per heavy atom. The Hall–Kier alpha value is -1.12. The van der Waals surface area contributed by atoms with Gasteiger partial charge in [-0.1, -0.05) is 30.3 Å². The normalized spacial score (nSPS) is 10.5. The third-order valence-electron chi connectivity index (χ3n) is 2.48. The molecule has 2 N–H and O–H groups in total. The van der Waals surface area contributed by atoms with Crippen LogP contribution in [0.25, 0.3) is 0 Å². The van der Waals surface area contributed by atoms with E-state index in [9.17, 15) is 0 Å². The van der Waals surface area contributed by atoms with E-state index in [1.807, 2.05) is 11.3 Å². The molecule has 0 atom stereocenters. The summed E-state index contributed by atoms with van der Waals surface area (Å²) in [5, 5.41) is 2.13. The molecule has 0 bridgehead atoms. The zero-order valence-electron chi connectivity index (χ0n) is 8.65. The van der Waals surface area contributed by atoms with Gasteiger partial charge in [0.25, 0.3) is 0 Å². The molecule has 0 amide bonds. The van der Waals surface area contributed by atoms with Gasteiger partial charge in [-0.3, -0.25) is 0 Å². The summed E-state index contributed by atoms with van der Waals surface area (Å²) in [5.41, 5.74) is 8.40. The average Bonchev–Trinajstić information content (AvgIpc) is 2.74. The molecule has 0 aliphatic carbocycles. The second kappa shape index (κ2) is 5.10. The molecule has 0 spiro atoms. The van der Waals surface area contributed by atoms with Crippen molar-refractivity contribution in [3.05, 3.63) is 57.8 Å². The van der Waals surface area contributed by atoms with Crippen LogP contribution < -0.4 is 5.73 Å². The Bertz CT molecular complexity index is 406. The minimum absolute atomic E-state index is 0.724. The predicted molar refractivity (Wildman–Crippen MR) is 66.3 cm³/mol. The molecule has 78 valence electrons. The molecule has 2 heteroatoms. The maximum atomic E-state index is 5.61. The summed E-state index contributed by atoms with van der Waals surface area (Å²) in [6.07, 6.45) is 2.01. The maximum absolute atomic E-state index is 5.61. The molecule has 0 radical (unpaired) electrons. The molecule has 1 nitrogen and oxygen atoms in total. The van der Waals surface area contributed by atoms with Crippen molar-refractivity contribution in [3.8, 4) is 0 Å². The largest absolute Gasteiger partial charge is 0.330 e. The Balaban J connectivity index is 2.20. The van der Waals surface area contributed by atoms with Crippen LogP contribution in [0.4, 0.5) is 0 Å². The van der Waals surface area contributed by atoms with Crippen molar-refractivity contribution in [1.29, 1.82) is 0 Å². The third-order valence-corrected chi connectivity index (χ3v) is 3.35. The summed E-state index contributed by atoms with van der Waals surface area (Å²) in [6.45, 7) is 0.724. The zero-order valence-corrected chi connectivity index (χ0v) is 9.46. The van der Waals surface area contributed by atoms with Gasteiger partial charge in [0.05, 0.1) is 0 Å². The summed E-state index contributed by atoms with van der Waals surface area (Å²) in [7, 11) is 0. The van der Waals surface area contributed by atoms with E-state index in [1.54, 1.807) is 0 Å². The SMILES string of the molecule is NCCc1ccccc1Cc1cccs1. The second-order valence-corrected chi connectivity index (χ2v) is 4.60. The van der Waals surface area contributed by atoms with Crippen molar-refractivity contribution in [2.75, 3.05) is 6.54 Å². The van der Waals surface area contributed by atoms with Gasteiger partial charge in [-0.15, -0.1) is 11.3 Å². The molecular formula is C13H15NS. The first-order valence-electron chi connectivity index (χ1n) is 5.19. The lowest BCUT2D eigenvalue weighted by atomic mass is 10.0. The number of rotatable bonds is 4. The fourth-order valence-corrected chi connectivity index (χ4v) is 2.46. The van der Waals surface area contributed by atoms with Gasteiger partial charge in [0.2, 0.25) is 0 Å². The molecule has 1 heterocycles. The molecule has 0 aliphatic rings. The zero-order chi connectivity index (χ0) is 10.5. The summed E-state index contributed by atoms with van der Waals surface area (Å²) in [5.74, 6) is 0. The van der Waals surface area contributed by atoms with Gasteiger partial charge in [0.1, 0.15) is 0 Å². The molecule has 0 saturated carbocycles. The van der Waals surface area contributed by atoms with E-state index < -0.39 is 0 Å². The Morgan fingerprint density at radius 1 is 1.00 bits per heavy atom. The Morgan fingerprint density at radius 2 is 1.80 bits per heavy atom. The van der Waals surface area contributed by atoms with Crippen LogP contribution >= 0.6 is 11.3 Å². The topological polar surface area (TPSA) is 26.0 Å². The van der Waals surface area contributed by atoms with E-state index in [1.165, 1.54) is 16.0 Å². The highest BCUT2D eigenvalue weighted by atomic mass is 32.1. The van der Waals surface area contributed by atoms with Gasteiger partial charge < -0.3 is 5.73 Å². The first-order chi connectivity index (χ1) is 7.40. The number of thiophene rings is 1. The van der Waals surface area contributed by atoms with Crippen LogP contribution in [-0.4, -0.2) is 6.54 Å². The third kappa shape index (κ3) is 2.67. The van der Waals surface area contributed by atoms with Crippen LogP contribution in [0.2, 0.25) is 0 Å². The van der Waals surface area contributed by atoms with Crippen LogP contribution in [0, 0.1) is 0 Å². The first-order valence-corrected chi connectivity index (χ1v) is 6.07. The molecule has 0 unspecified atom stereocenters. The summed E-state index contributed by atoms with van der Waals surface area (Å²) >= 11 is 1.81. The highest BCUT2D eigenvalue weighted by Gasteiger charge is 2.02. The number of benzene rings is 1. The van der Waals surface area contributed by atoms with Crippen molar-refractivity contribution in [2.45, 2.75) is 12.8 Å². The molecule has 0 fully saturated rings. The number of hydrogen-bond acceptors (Lipinski definition) is 2. The quantitative estimate of drug-likeness (QED) is 0.837. The van der Waals surface area contributed by atoms with Crippen molar-refractivity contribution in [3.63, 3.8) is 0 Å². The number of nitrogens with two attached hydrogens (primary N) is 1. The molecule has 1 aromatic heterocycles. The van der Waals surface area contributed by atoms with Crippen molar-refractivity contribution < 1.29 is 0 Å². The maximum Gasteiger partial charge on any atom is 0.00891 e.